The molecule has 17 heavy (non-hydrogen) atoms. The van der Waals surface area contributed by atoms with E-state index in [1.165, 1.54) is 6.07 Å². The van der Waals surface area contributed by atoms with Gasteiger partial charge in [-0.3, -0.25) is 0 Å². The molecule has 0 saturated carbocycles. The van der Waals surface area contributed by atoms with Crippen LogP contribution in [0.3, 0.4) is 0 Å². The lowest BCUT2D eigenvalue weighted by molar-refractivity contribution is 0.189. The van der Waals surface area contributed by atoms with Crippen LogP contribution in [0, 0.1) is 12.7 Å². The number of methoxy groups -OCH3 is 1. The average molecular weight is 239 g/mol. The molecule has 0 aliphatic heterocycles. The van der Waals surface area contributed by atoms with Crippen LogP contribution in [-0.2, 0) is 4.74 Å². The number of rotatable bonds is 7. The molecule has 0 saturated heterocycles. The van der Waals surface area contributed by atoms with Crippen molar-refractivity contribution in [1.82, 2.24) is 5.32 Å². The van der Waals surface area contributed by atoms with Crippen molar-refractivity contribution in [2.45, 2.75) is 32.7 Å². The number of halogens is 1. The van der Waals surface area contributed by atoms with Crippen LogP contribution >= 0.6 is 0 Å². The molecule has 3 heteroatoms. The molecule has 0 aromatic heterocycles. The van der Waals surface area contributed by atoms with Crippen LogP contribution in [0.2, 0.25) is 0 Å². The molecular weight excluding hydrogens is 217 g/mol. The Labute approximate surface area is 103 Å². The Balaban J connectivity index is 2.77. The summed E-state index contributed by atoms with van der Waals surface area (Å²) in [5.74, 6) is -0.166. The normalized spacial score (nSPS) is 12.7. The third-order valence-electron chi connectivity index (χ3n) is 2.91. The molecule has 0 fully saturated rings. The fourth-order valence-electron chi connectivity index (χ4n) is 2.03. The van der Waals surface area contributed by atoms with Gasteiger partial charge >= 0.3 is 0 Å². The molecule has 96 valence electrons. The predicted octanol–water partition coefficient (Wildman–Crippen LogP) is 3.21. The number of aryl methyl sites for hydroxylation is 1. The van der Waals surface area contributed by atoms with Gasteiger partial charge in [-0.15, -0.1) is 0 Å². The summed E-state index contributed by atoms with van der Waals surface area (Å²) in [5, 5.41) is 3.40. The smallest absolute Gasteiger partial charge is 0.123 e. The first-order chi connectivity index (χ1) is 8.19. The predicted molar refractivity (Wildman–Crippen MR) is 68.7 cm³/mol. The molecule has 0 spiro atoms. The summed E-state index contributed by atoms with van der Waals surface area (Å²) in [7, 11) is 1.70. The minimum absolute atomic E-state index is 0.166. The summed E-state index contributed by atoms with van der Waals surface area (Å²) in [4.78, 5) is 0. The second-order valence-corrected chi connectivity index (χ2v) is 4.25. The van der Waals surface area contributed by atoms with Crippen LogP contribution < -0.4 is 5.32 Å². The van der Waals surface area contributed by atoms with E-state index in [-0.39, 0.29) is 11.9 Å². The second-order valence-electron chi connectivity index (χ2n) is 4.25. The Morgan fingerprint density at radius 3 is 2.82 bits per heavy atom. The first kappa shape index (κ1) is 14.1. The minimum Gasteiger partial charge on any atom is -0.385 e. The standard InChI is InChI=1S/C14H22FNO/c1-4-16-14(6-5-9-17-3)13-10-12(15)8-7-11(13)2/h7-8,10,14,16H,4-6,9H2,1-3H3. The van der Waals surface area contributed by atoms with Gasteiger partial charge in [0.1, 0.15) is 5.82 Å². The molecule has 1 rings (SSSR count). The topological polar surface area (TPSA) is 21.3 Å². The van der Waals surface area contributed by atoms with Gasteiger partial charge in [-0.05, 0) is 49.6 Å². The first-order valence-electron chi connectivity index (χ1n) is 6.17. The first-order valence-corrected chi connectivity index (χ1v) is 6.17. The molecule has 0 bridgehead atoms. The molecule has 1 aromatic carbocycles. The summed E-state index contributed by atoms with van der Waals surface area (Å²) in [5.41, 5.74) is 2.19. The summed E-state index contributed by atoms with van der Waals surface area (Å²) in [6, 6.07) is 5.20. The second kappa shape index (κ2) is 7.41. The zero-order chi connectivity index (χ0) is 12.7. The van der Waals surface area contributed by atoms with Crippen molar-refractivity contribution in [3.63, 3.8) is 0 Å². The zero-order valence-electron chi connectivity index (χ0n) is 10.9. The summed E-state index contributed by atoms with van der Waals surface area (Å²) in [6.45, 7) is 5.72. The van der Waals surface area contributed by atoms with Gasteiger partial charge in [0.25, 0.3) is 0 Å². The number of hydrogen-bond donors (Lipinski definition) is 1. The molecule has 1 atom stereocenters. The van der Waals surface area contributed by atoms with E-state index in [0.29, 0.717) is 0 Å². The lowest BCUT2D eigenvalue weighted by Crippen LogP contribution is -2.22. The van der Waals surface area contributed by atoms with Gasteiger partial charge in [-0.2, -0.15) is 0 Å². The average Bonchev–Trinajstić information content (AvgIpc) is 2.32. The Bertz CT molecular complexity index is 341. The highest BCUT2D eigenvalue weighted by Gasteiger charge is 2.13. The van der Waals surface area contributed by atoms with Gasteiger partial charge in [0.2, 0.25) is 0 Å². The lowest BCUT2D eigenvalue weighted by atomic mass is 9.97. The monoisotopic (exact) mass is 239 g/mol. The van der Waals surface area contributed by atoms with Crippen LogP contribution in [0.5, 0.6) is 0 Å². The van der Waals surface area contributed by atoms with Crippen molar-refractivity contribution in [1.29, 1.82) is 0 Å². The van der Waals surface area contributed by atoms with Gasteiger partial charge in [0.05, 0.1) is 0 Å². The van der Waals surface area contributed by atoms with Crippen LogP contribution in [0.25, 0.3) is 0 Å². The largest absolute Gasteiger partial charge is 0.385 e. The quantitative estimate of drug-likeness (QED) is 0.738. The fraction of sp³-hybridized carbons (Fsp3) is 0.571. The van der Waals surface area contributed by atoms with Crippen LogP contribution in [0.1, 0.15) is 36.9 Å². The highest BCUT2D eigenvalue weighted by molar-refractivity contribution is 5.29. The molecule has 0 heterocycles. The molecule has 0 aliphatic carbocycles. The van der Waals surface area contributed by atoms with Crippen molar-refractivity contribution in [2.24, 2.45) is 0 Å². The maximum Gasteiger partial charge on any atom is 0.123 e. The zero-order valence-corrected chi connectivity index (χ0v) is 10.9. The van der Waals surface area contributed by atoms with Gasteiger partial charge in [0, 0.05) is 19.8 Å². The fourth-order valence-corrected chi connectivity index (χ4v) is 2.03. The van der Waals surface area contributed by atoms with E-state index in [4.69, 9.17) is 4.74 Å². The van der Waals surface area contributed by atoms with E-state index in [1.54, 1.807) is 13.2 Å². The number of ether oxygens (including phenoxy) is 1. The van der Waals surface area contributed by atoms with Crippen molar-refractivity contribution < 1.29 is 9.13 Å². The lowest BCUT2D eigenvalue weighted by Gasteiger charge is -2.20. The number of benzene rings is 1. The van der Waals surface area contributed by atoms with E-state index < -0.39 is 0 Å². The minimum atomic E-state index is -0.166. The summed E-state index contributed by atoms with van der Waals surface area (Å²) < 4.78 is 18.3. The molecule has 0 radical (unpaired) electrons. The summed E-state index contributed by atoms with van der Waals surface area (Å²) in [6.07, 6.45) is 1.94. The van der Waals surface area contributed by atoms with Crippen LogP contribution in [-0.4, -0.2) is 20.3 Å². The highest BCUT2D eigenvalue weighted by atomic mass is 19.1. The number of nitrogens with one attached hydrogen (secondary N) is 1. The molecule has 0 amide bonds. The van der Waals surface area contributed by atoms with Crippen molar-refractivity contribution in [2.75, 3.05) is 20.3 Å². The Morgan fingerprint density at radius 1 is 1.41 bits per heavy atom. The molecule has 0 aliphatic rings. The maximum atomic E-state index is 13.3. The van der Waals surface area contributed by atoms with E-state index in [0.717, 1.165) is 37.1 Å². The van der Waals surface area contributed by atoms with Gasteiger partial charge in [0.15, 0.2) is 0 Å². The molecule has 1 aromatic rings. The molecule has 1 N–H and O–H groups in total. The van der Waals surface area contributed by atoms with E-state index in [1.807, 2.05) is 13.0 Å². The van der Waals surface area contributed by atoms with Crippen molar-refractivity contribution in [3.8, 4) is 0 Å². The van der Waals surface area contributed by atoms with Crippen LogP contribution in [0.4, 0.5) is 4.39 Å². The van der Waals surface area contributed by atoms with Crippen LogP contribution in [0.15, 0.2) is 18.2 Å². The maximum absolute atomic E-state index is 13.3. The molecular formula is C14H22FNO. The molecule has 1 unspecified atom stereocenters. The van der Waals surface area contributed by atoms with E-state index in [9.17, 15) is 4.39 Å². The third-order valence-corrected chi connectivity index (χ3v) is 2.91. The SMILES string of the molecule is CCNC(CCCOC)c1cc(F)ccc1C. The number of hydrogen-bond acceptors (Lipinski definition) is 2. The Hall–Kier alpha value is -0.930. The Morgan fingerprint density at radius 2 is 2.18 bits per heavy atom. The van der Waals surface area contributed by atoms with Gasteiger partial charge < -0.3 is 10.1 Å². The van der Waals surface area contributed by atoms with E-state index >= 15 is 0 Å². The third kappa shape index (κ3) is 4.44. The van der Waals surface area contributed by atoms with Crippen molar-refractivity contribution >= 4 is 0 Å². The van der Waals surface area contributed by atoms with Gasteiger partial charge in [-0.1, -0.05) is 13.0 Å². The summed E-state index contributed by atoms with van der Waals surface area (Å²) >= 11 is 0. The van der Waals surface area contributed by atoms with Crippen molar-refractivity contribution in [3.05, 3.63) is 35.1 Å². The van der Waals surface area contributed by atoms with Gasteiger partial charge in [-0.25, -0.2) is 4.39 Å². The highest BCUT2D eigenvalue weighted by Crippen LogP contribution is 2.23. The van der Waals surface area contributed by atoms with E-state index in [2.05, 4.69) is 12.2 Å². The Kier molecular flexibility index (Phi) is 6.16. The molecule has 2 nitrogen and oxygen atoms in total.